The Labute approximate surface area is 394 Å². The van der Waals surface area contributed by atoms with Crippen LogP contribution in [0.3, 0.4) is 0 Å². The van der Waals surface area contributed by atoms with Crippen molar-refractivity contribution in [3.05, 3.63) is 76.9 Å². The standard InChI is InChI=1S/C25H36O9.C25H34O8/c1-16-7-6-8-20-21(34-25(2,3)33-20)10-9-18(26)11-17-12-19(30-14-28-4)13-22(31-15-29-5)23(17)24(27)32-16;1-17-9-8-12-21-20(32-25(2,3)33-21)11-7-6-10-18-13-19(29-15-27-4)14-22(30-16-28-5)23(18)24(26)31-17/h6,8,12-13,16,18,20-21,26H,7,9-11,14-15H2,1-5H3;6,8,10,12-14,17,20-21H,7,9,11,15-16H2,1-5H3/b8-6+;10-6+,12-8+/t16-,18?,20+,21-;17-,20-,21+/m00/s1. The van der Waals surface area contributed by atoms with Crippen molar-refractivity contribution in [1.82, 2.24) is 0 Å². The van der Waals surface area contributed by atoms with Gasteiger partial charge in [-0.2, -0.15) is 0 Å². The smallest absolute Gasteiger partial charge is 0.342 e. The average molecular weight is 943 g/mol. The molecule has 372 valence electrons. The van der Waals surface area contributed by atoms with Crippen LogP contribution in [0.5, 0.6) is 23.0 Å². The third kappa shape index (κ3) is 16.3. The van der Waals surface area contributed by atoms with Crippen LogP contribution in [0.15, 0.2) is 54.6 Å². The molecule has 4 heterocycles. The van der Waals surface area contributed by atoms with Gasteiger partial charge in [-0.25, -0.2) is 9.59 Å². The number of carbonyl (C=O) groups excluding carboxylic acids is 2. The summed E-state index contributed by atoms with van der Waals surface area (Å²) in [7, 11) is 6.06. The summed E-state index contributed by atoms with van der Waals surface area (Å²) in [5, 5.41) is 10.9. The van der Waals surface area contributed by atoms with E-state index in [1.54, 1.807) is 24.3 Å². The van der Waals surface area contributed by atoms with E-state index in [9.17, 15) is 14.7 Å². The number of cyclic esters (lactones) is 2. The summed E-state index contributed by atoms with van der Waals surface area (Å²) in [6, 6.07) is 6.70. The zero-order valence-electron chi connectivity index (χ0n) is 40.6. The van der Waals surface area contributed by atoms with Gasteiger partial charge in [-0.3, -0.25) is 0 Å². The molecule has 2 saturated heterocycles. The molecule has 6 rings (SSSR count). The minimum atomic E-state index is -0.739. The first-order chi connectivity index (χ1) is 32.0. The Morgan fingerprint density at radius 2 is 1.07 bits per heavy atom. The number of esters is 2. The number of rotatable bonds is 12. The van der Waals surface area contributed by atoms with Gasteiger partial charge >= 0.3 is 11.9 Å². The second-order valence-electron chi connectivity index (χ2n) is 17.5. The van der Waals surface area contributed by atoms with E-state index in [1.807, 2.05) is 78.0 Å². The zero-order valence-corrected chi connectivity index (χ0v) is 40.6. The molecule has 1 unspecified atom stereocenters. The Hall–Kier alpha value is -4.56. The van der Waals surface area contributed by atoms with Gasteiger partial charge in [-0.15, -0.1) is 0 Å². The van der Waals surface area contributed by atoms with Crippen LogP contribution in [-0.4, -0.2) is 127 Å². The zero-order chi connectivity index (χ0) is 48.6. The molecule has 0 spiro atoms. The average Bonchev–Trinajstić information content (AvgIpc) is 3.74. The lowest BCUT2D eigenvalue weighted by atomic mass is 9.96. The second kappa shape index (κ2) is 25.7. The van der Waals surface area contributed by atoms with Crippen LogP contribution in [0.2, 0.25) is 0 Å². The number of carbonyl (C=O) groups is 2. The molecule has 1 N–H and O–H groups in total. The molecule has 0 radical (unpaired) electrons. The largest absolute Gasteiger partial charge is 0.467 e. The fourth-order valence-corrected chi connectivity index (χ4v) is 7.96. The quantitative estimate of drug-likeness (QED) is 0.123. The molecule has 0 bridgehead atoms. The van der Waals surface area contributed by atoms with Gasteiger partial charge in [0.05, 0.1) is 18.3 Å². The van der Waals surface area contributed by atoms with Crippen LogP contribution < -0.4 is 18.9 Å². The summed E-state index contributed by atoms with van der Waals surface area (Å²) in [6.45, 7) is 11.3. The van der Waals surface area contributed by atoms with Gasteiger partial charge in [0.1, 0.15) is 58.5 Å². The van der Waals surface area contributed by atoms with Gasteiger partial charge in [0.15, 0.2) is 38.7 Å². The third-order valence-corrected chi connectivity index (χ3v) is 10.8. The van der Waals surface area contributed by atoms with Crippen molar-refractivity contribution in [2.75, 3.05) is 55.6 Å². The van der Waals surface area contributed by atoms with Crippen molar-refractivity contribution in [3.63, 3.8) is 0 Å². The first-order valence-electron chi connectivity index (χ1n) is 22.7. The van der Waals surface area contributed by atoms with Crippen molar-refractivity contribution >= 4 is 18.0 Å². The van der Waals surface area contributed by atoms with E-state index in [0.29, 0.717) is 59.6 Å². The van der Waals surface area contributed by atoms with Gasteiger partial charge < -0.3 is 71.4 Å². The summed E-state index contributed by atoms with van der Waals surface area (Å²) in [5.74, 6) is -0.830. The molecule has 2 aromatic carbocycles. The summed E-state index contributed by atoms with van der Waals surface area (Å²) >= 11 is 0. The van der Waals surface area contributed by atoms with Gasteiger partial charge in [-0.1, -0.05) is 36.5 Å². The first kappa shape index (κ1) is 53.4. The molecule has 0 saturated carbocycles. The van der Waals surface area contributed by atoms with Crippen LogP contribution in [0, 0.1) is 0 Å². The molecule has 0 amide bonds. The van der Waals surface area contributed by atoms with E-state index in [2.05, 4.69) is 0 Å². The lowest BCUT2D eigenvalue weighted by Gasteiger charge is -2.22. The van der Waals surface area contributed by atoms with Crippen molar-refractivity contribution in [3.8, 4) is 23.0 Å². The van der Waals surface area contributed by atoms with Crippen LogP contribution in [0.25, 0.3) is 6.08 Å². The Balaban J connectivity index is 0.000000251. The molecule has 17 nitrogen and oxygen atoms in total. The normalized spacial score (nSPS) is 27.6. The van der Waals surface area contributed by atoms with Crippen molar-refractivity contribution < 1.29 is 81.0 Å². The molecule has 67 heavy (non-hydrogen) atoms. The van der Waals surface area contributed by atoms with Gasteiger partial charge in [-0.05, 0) is 96.9 Å². The van der Waals surface area contributed by atoms with Gasteiger partial charge in [0, 0.05) is 53.4 Å². The Morgan fingerprint density at radius 1 is 0.597 bits per heavy atom. The highest BCUT2D eigenvalue weighted by Crippen LogP contribution is 2.37. The van der Waals surface area contributed by atoms with E-state index in [1.165, 1.54) is 28.4 Å². The lowest BCUT2D eigenvalue weighted by molar-refractivity contribution is -0.144. The number of aliphatic hydroxyl groups is 1. The van der Waals surface area contributed by atoms with E-state index in [4.69, 9.17) is 66.3 Å². The SMILES string of the molecule is COCOc1cc2c(c(OCOC)c1)C(=O)O[C@@H](C)C/C=C/[C@H]1OC(C)(C)O[C@H]1CC/C=C/2.COCOc1cc2c(c(OCOC)c1)C(=O)O[C@@H](C)C/C=C/[C@H]1OC(C)(C)O[C@H]1CCC(O)C2. The Kier molecular flexibility index (Phi) is 20.5. The highest BCUT2D eigenvalue weighted by molar-refractivity contribution is 5.97. The molecule has 2 fully saturated rings. The number of fused-ring (bicyclic) bond motifs is 4. The fourth-order valence-electron chi connectivity index (χ4n) is 7.96. The number of hydrogen-bond donors (Lipinski definition) is 1. The number of benzene rings is 2. The van der Waals surface area contributed by atoms with Crippen LogP contribution in [0.1, 0.15) is 112 Å². The molecule has 2 aromatic rings. The van der Waals surface area contributed by atoms with Gasteiger partial charge in [0.2, 0.25) is 0 Å². The van der Waals surface area contributed by atoms with E-state index in [-0.39, 0.29) is 75.4 Å². The maximum atomic E-state index is 13.2. The third-order valence-electron chi connectivity index (χ3n) is 10.8. The number of methoxy groups -OCH3 is 4. The van der Waals surface area contributed by atoms with Crippen LogP contribution >= 0.6 is 0 Å². The van der Waals surface area contributed by atoms with Crippen molar-refractivity contribution in [2.24, 2.45) is 0 Å². The highest BCUT2D eigenvalue weighted by atomic mass is 16.8. The molecule has 4 aliphatic heterocycles. The fraction of sp³-hybridized carbons (Fsp3) is 0.600. The molecular formula is C50H70O17. The Bertz CT molecular complexity index is 1990. The summed E-state index contributed by atoms with van der Waals surface area (Å²) in [6.07, 6.45) is 13.5. The highest BCUT2D eigenvalue weighted by Gasteiger charge is 2.41. The van der Waals surface area contributed by atoms with Gasteiger partial charge in [0.25, 0.3) is 0 Å². The number of hydrogen-bond acceptors (Lipinski definition) is 17. The number of ether oxygens (including phenoxy) is 14. The molecule has 0 aliphatic carbocycles. The van der Waals surface area contributed by atoms with E-state index < -0.39 is 35.7 Å². The number of aliphatic hydroxyl groups excluding tert-OH is 1. The lowest BCUT2D eigenvalue weighted by Crippen LogP contribution is -2.25. The Morgan fingerprint density at radius 3 is 1.61 bits per heavy atom. The van der Waals surface area contributed by atoms with Crippen molar-refractivity contribution in [1.29, 1.82) is 0 Å². The predicted molar refractivity (Wildman–Crippen MR) is 245 cm³/mol. The predicted octanol–water partition coefficient (Wildman–Crippen LogP) is 7.83. The van der Waals surface area contributed by atoms with Crippen molar-refractivity contribution in [2.45, 2.75) is 141 Å². The van der Waals surface area contributed by atoms with Crippen LogP contribution in [-0.2, 0) is 53.8 Å². The maximum absolute atomic E-state index is 13.2. The molecule has 4 aliphatic rings. The monoisotopic (exact) mass is 942 g/mol. The minimum absolute atomic E-state index is 0.0222. The minimum Gasteiger partial charge on any atom is -0.467 e. The molecule has 17 heteroatoms. The molecule has 7 atom stereocenters. The number of allylic oxidation sites excluding steroid dienone is 1. The molecular weight excluding hydrogens is 873 g/mol. The second-order valence-corrected chi connectivity index (χ2v) is 17.5. The maximum Gasteiger partial charge on any atom is 0.342 e. The van der Waals surface area contributed by atoms with Crippen LogP contribution in [0.4, 0.5) is 0 Å². The topological polar surface area (TPSA) is 184 Å². The molecule has 0 aromatic heterocycles. The summed E-state index contributed by atoms with van der Waals surface area (Å²) in [4.78, 5) is 26.4. The van der Waals surface area contributed by atoms with E-state index >= 15 is 0 Å². The summed E-state index contributed by atoms with van der Waals surface area (Å²) in [5.41, 5.74) is 1.74. The first-order valence-corrected chi connectivity index (χ1v) is 22.7. The van der Waals surface area contributed by atoms with E-state index in [0.717, 1.165) is 12.8 Å². The summed E-state index contributed by atoms with van der Waals surface area (Å²) < 4.78 is 78.3.